The lowest BCUT2D eigenvalue weighted by atomic mass is 9.95. The minimum Gasteiger partial charge on any atom is -0.466 e. The number of carbonyl (C=O) groups excluding carboxylic acids is 1. The summed E-state index contributed by atoms with van der Waals surface area (Å²) < 4.78 is 5.21. The molecular formula is C20H24N2O3. The van der Waals surface area contributed by atoms with Gasteiger partial charge < -0.3 is 20.2 Å². The average Bonchev–Trinajstić information content (AvgIpc) is 2.96. The number of furan rings is 1. The maximum Gasteiger partial charge on any atom is 0.314 e. The second-order valence-electron chi connectivity index (χ2n) is 7.53. The maximum absolute atomic E-state index is 12.1. The van der Waals surface area contributed by atoms with Gasteiger partial charge in [0, 0.05) is 12.0 Å². The molecule has 1 spiro atoms. The Morgan fingerprint density at radius 2 is 2.16 bits per heavy atom. The Balaban J connectivity index is 1.27. The lowest BCUT2D eigenvalue weighted by Crippen LogP contribution is -2.44. The van der Waals surface area contributed by atoms with Gasteiger partial charge in [-0.3, -0.25) is 0 Å². The molecule has 0 aliphatic heterocycles. The summed E-state index contributed by atoms with van der Waals surface area (Å²) >= 11 is 0. The summed E-state index contributed by atoms with van der Waals surface area (Å²) in [5, 5.41) is 16.0. The molecule has 0 unspecified atom stereocenters. The zero-order valence-electron chi connectivity index (χ0n) is 14.4. The van der Waals surface area contributed by atoms with E-state index in [0.717, 1.165) is 12.8 Å². The van der Waals surface area contributed by atoms with E-state index < -0.39 is 5.60 Å². The first-order chi connectivity index (χ1) is 12.0. The van der Waals surface area contributed by atoms with Crippen LogP contribution in [0.15, 0.2) is 47.1 Å². The molecule has 1 saturated carbocycles. The molecule has 0 saturated heterocycles. The Bertz CT molecular complexity index is 769. The fourth-order valence-electron chi connectivity index (χ4n) is 4.20. The van der Waals surface area contributed by atoms with Crippen molar-refractivity contribution in [2.45, 2.75) is 37.2 Å². The van der Waals surface area contributed by atoms with Crippen LogP contribution in [0, 0.1) is 5.92 Å². The summed E-state index contributed by atoms with van der Waals surface area (Å²) in [5.41, 5.74) is 2.00. The molecule has 2 aliphatic rings. The van der Waals surface area contributed by atoms with Crippen LogP contribution in [0.3, 0.4) is 0 Å². The summed E-state index contributed by atoms with van der Waals surface area (Å²) in [6, 6.07) is 11.8. The SMILES string of the molecule is C[C@](O)(CNC(=O)NC[C@@H]1C[C@@]12CCc1ccccc12)c1ccco1. The van der Waals surface area contributed by atoms with Gasteiger partial charge in [0.15, 0.2) is 0 Å². The number of hydrogen-bond donors (Lipinski definition) is 3. The number of benzene rings is 1. The van der Waals surface area contributed by atoms with Gasteiger partial charge in [-0.25, -0.2) is 4.79 Å². The molecule has 132 valence electrons. The van der Waals surface area contributed by atoms with Crippen molar-refractivity contribution in [2.75, 3.05) is 13.1 Å². The summed E-state index contributed by atoms with van der Waals surface area (Å²) in [6.45, 7) is 2.39. The van der Waals surface area contributed by atoms with Gasteiger partial charge in [0.25, 0.3) is 0 Å². The van der Waals surface area contributed by atoms with Crippen LogP contribution in [0.1, 0.15) is 36.7 Å². The van der Waals surface area contributed by atoms with Gasteiger partial charge in [-0.2, -0.15) is 0 Å². The highest BCUT2D eigenvalue weighted by Gasteiger charge is 2.57. The molecule has 1 aromatic carbocycles. The van der Waals surface area contributed by atoms with Crippen LogP contribution in [0.4, 0.5) is 4.79 Å². The van der Waals surface area contributed by atoms with Gasteiger partial charge in [0.05, 0.1) is 12.8 Å². The molecule has 4 rings (SSSR count). The molecule has 3 N–H and O–H groups in total. The third kappa shape index (κ3) is 2.93. The van der Waals surface area contributed by atoms with Crippen molar-refractivity contribution >= 4 is 6.03 Å². The predicted molar refractivity (Wildman–Crippen MR) is 94.2 cm³/mol. The number of hydrogen-bond acceptors (Lipinski definition) is 3. The summed E-state index contributed by atoms with van der Waals surface area (Å²) in [5.74, 6) is 0.948. The van der Waals surface area contributed by atoms with Crippen LogP contribution in [0.5, 0.6) is 0 Å². The minimum absolute atomic E-state index is 0.102. The first-order valence-corrected chi connectivity index (χ1v) is 8.88. The van der Waals surface area contributed by atoms with E-state index >= 15 is 0 Å². The van der Waals surface area contributed by atoms with Gasteiger partial charge in [-0.05, 0) is 55.4 Å². The number of fused-ring (bicyclic) bond motifs is 2. The van der Waals surface area contributed by atoms with Crippen molar-refractivity contribution in [1.82, 2.24) is 10.6 Å². The van der Waals surface area contributed by atoms with Crippen molar-refractivity contribution < 1.29 is 14.3 Å². The van der Waals surface area contributed by atoms with Crippen molar-refractivity contribution in [3.05, 3.63) is 59.5 Å². The monoisotopic (exact) mass is 340 g/mol. The van der Waals surface area contributed by atoms with Crippen LogP contribution >= 0.6 is 0 Å². The number of nitrogens with one attached hydrogen (secondary N) is 2. The highest BCUT2D eigenvalue weighted by atomic mass is 16.4. The lowest BCUT2D eigenvalue weighted by Gasteiger charge is -2.21. The van der Waals surface area contributed by atoms with E-state index in [1.165, 1.54) is 23.8 Å². The predicted octanol–water partition coefficient (Wildman–Crippen LogP) is 2.69. The van der Waals surface area contributed by atoms with E-state index in [1.54, 1.807) is 19.1 Å². The topological polar surface area (TPSA) is 74.5 Å². The molecule has 2 amide bonds. The molecule has 2 aliphatic carbocycles. The molecule has 25 heavy (non-hydrogen) atoms. The number of rotatable bonds is 5. The third-order valence-electron chi connectivity index (χ3n) is 5.78. The van der Waals surface area contributed by atoms with E-state index in [4.69, 9.17) is 4.42 Å². The van der Waals surface area contributed by atoms with Gasteiger partial charge in [-0.1, -0.05) is 24.3 Å². The summed E-state index contributed by atoms with van der Waals surface area (Å²) in [7, 11) is 0. The van der Waals surface area contributed by atoms with Crippen molar-refractivity contribution in [2.24, 2.45) is 5.92 Å². The third-order valence-corrected chi connectivity index (χ3v) is 5.78. The van der Waals surface area contributed by atoms with Crippen LogP contribution in [0.25, 0.3) is 0 Å². The first-order valence-electron chi connectivity index (χ1n) is 8.88. The number of carbonyl (C=O) groups is 1. The average molecular weight is 340 g/mol. The molecule has 5 heteroatoms. The van der Waals surface area contributed by atoms with Gasteiger partial charge in [0.2, 0.25) is 0 Å². The number of urea groups is 1. The quantitative estimate of drug-likeness (QED) is 0.783. The largest absolute Gasteiger partial charge is 0.466 e. The molecule has 1 aromatic heterocycles. The number of aryl methyl sites for hydroxylation is 1. The number of aliphatic hydroxyl groups is 1. The second kappa shape index (κ2) is 5.92. The van der Waals surface area contributed by atoms with E-state index in [0.29, 0.717) is 18.2 Å². The Morgan fingerprint density at radius 3 is 2.96 bits per heavy atom. The summed E-state index contributed by atoms with van der Waals surface area (Å²) in [6.07, 6.45) is 4.99. The van der Waals surface area contributed by atoms with Crippen LogP contribution in [0.2, 0.25) is 0 Å². The molecule has 2 aromatic rings. The minimum atomic E-state index is -1.22. The molecular weight excluding hydrogens is 316 g/mol. The van der Waals surface area contributed by atoms with E-state index in [1.807, 2.05) is 0 Å². The highest BCUT2D eigenvalue weighted by Crippen LogP contribution is 2.61. The van der Waals surface area contributed by atoms with Crippen LogP contribution < -0.4 is 10.6 Å². The zero-order chi connectivity index (χ0) is 17.5. The van der Waals surface area contributed by atoms with Crippen molar-refractivity contribution in [3.63, 3.8) is 0 Å². The standard InChI is InChI=1S/C20H24N2O3/c1-19(24,17-7-4-10-25-17)13-22-18(23)21-12-15-11-20(15)9-8-14-5-2-3-6-16(14)20/h2-7,10,15,24H,8-9,11-13H2,1H3,(H2,21,22,23)/t15-,19-,20-/m0/s1. The zero-order valence-corrected chi connectivity index (χ0v) is 14.4. The first kappa shape index (κ1) is 16.2. The molecule has 5 nitrogen and oxygen atoms in total. The Kier molecular flexibility index (Phi) is 3.84. The second-order valence-corrected chi connectivity index (χ2v) is 7.53. The van der Waals surface area contributed by atoms with E-state index in [-0.39, 0.29) is 18.0 Å². The fraction of sp³-hybridized carbons (Fsp3) is 0.450. The van der Waals surface area contributed by atoms with Crippen molar-refractivity contribution in [1.29, 1.82) is 0 Å². The van der Waals surface area contributed by atoms with E-state index in [2.05, 4.69) is 34.9 Å². The summed E-state index contributed by atoms with van der Waals surface area (Å²) in [4.78, 5) is 12.1. The molecule has 0 radical (unpaired) electrons. The Labute approximate surface area is 147 Å². The Morgan fingerprint density at radius 1 is 1.32 bits per heavy atom. The molecule has 0 bridgehead atoms. The van der Waals surface area contributed by atoms with Crippen molar-refractivity contribution in [3.8, 4) is 0 Å². The normalized spacial score (nSPS) is 26.1. The lowest BCUT2D eigenvalue weighted by molar-refractivity contribution is 0.0367. The van der Waals surface area contributed by atoms with Gasteiger partial charge >= 0.3 is 6.03 Å². The van der Waals surface area contributed by atoms with Crippen LogP contribution in [-0.4, -0.2) is 24.2 Å². The van der Waals surface area contributed by atoms with Gasteiger partial charge in [0.1, 0.15) is 11.4 Å². The molecule has 1 fully saturated rings. The maximum atomic E-state index is 12.1. The number of amides is 2. The molecule has 1 heterocycles. The van der Waals surface area contributed by atoms with E-state index in [9.17, 15) is 9.90 Å². The highest BCUT2D eigenvalue weighted by molar-refractivity contribution is 5.74. The van der Waals surface area contributed by atoms with Gasteiger partial charge in [-0.15, -0.1) is 0 Å². The smallest absolute Gasteiger partial charge is 0.314 e. The Hall–Kier alpha value is -2.27. The fourth-order valence-corrected chi connectivity index (χ4v) is 4.20. The molecule has 3 atom stereocenters. The van der Waals surface area contributed by atoms with Crippen LogP contribution in [-0.2, 0) is 17.4 Å².